The molecule has 0 bridgehead atoms. The van der Waals surface area contributed by atoms with Crippen molar-refractivity contribution < 1.29 is 9.53 Å². The number of hydrogen-bond donors (Lipinski definition) is 2. The van der Waals surface area contributed by atoms with E-state index < -0.39 is 6.04 Å². The van der Waals surface area contributed by atoms with Gasteiger partial charge in [-0.15, -0.1) is 0 Å². The van der Waals surface area contributed by atoms with Crippen molar-refractivity contribution in [3.63, 3.8) is 0 Å². The molecule has 1 aromatic rings. The zero-order chi connectivity index (χ0) is 13.5. The fourth-order valence-corrected chi connectivity index (χ4v) is 2.07. The number of hydrogen-bond acceptors (Lipinski definition) is 3. The van der Waals surface area contributed by atoms with E-state index in [1.54, 1.807) is 25.3 Å². The molecule has 1 aromatic carbocycles. The third-order valence-corrected chi connectivity index (χ3v) is 3.24. The Kier molecular flexibility index (Phi) is 6.15. The molecule has 0 aliphatic rings. The molecule has 0 aliphatic carbocycles. The molecular formula is C13H19BrN2O2. The quantitative estimate of drug-likeness (QED) is 0.848. The molecule has 0 radical (unpaired) electrons. The van der Waals surface area contributed by atoms with E-state index in [1.807, 2.05) is 0 Å². The van der Waals surface area contributed by atoms with E-state index in [0.29, 0.717) is 12.1 Å². The van der Waals surface area contributed by atoms with E-state index in [1.165, 1.54) is 0 Å². The van der Waals surface area contributed by atoms with Crippen LogP contribution < -0.4 is 15.8 Å². The highest BCUT2D eigenvalue weighted by atomic mass is 79.9. The first-order chi connectivity index (χ1) is 8.58. The molecule has 3 N–H and O–H groups in total. The van der Waals surface area contributed by atoms with Crippen LogP contribution in [0.25, 0.3) is 0 Å². The molecule has 4 nitrogen and oxygen atoms in total. The highest BCUT2D eigenvalue weighted by Gasteiger charge is 2.13. The zero-order valence-corrected chi connectivity index (χ0v) is 12.3. The first kappa shape index (κ1) is 15.0. The van der Waals surface area contributed by atoms with Gasteiger partial charge in [-0.2, -0.15) is 0 Å². The Hall–Kier alpha value is -1.07. The van der Waals surface area contributed by atoms with Gasteiger partial charge in [0.25, 0.3) is 0 Å². The summed E-state index contributed by atoms with van der Waals surface area (Å²) >= 11 is 3.37. The summed E-state index contributed by atoms with van der Waals surface area (Å²) in [4.78, 5) is 11.8. The van der Waals surface area contributed by atoms with Crippen molar-refractivity contribution >= 4 is 27.5 Å². The molecule has 0 aromatic heterocycles. The lowest BCUT2D eigenvalue weighted by Gasteiger charge is -2.12. The monoisotopic (exact) mass is 314 g/mol. The lowest BCUT2D eigenvalue weighted by atomic mass is 10.1. The Labute approximate surface area is 116 Å². The van der Waals surface area contributed by atoms with Crippen molar-refractivity contribution in [3.8, 4) is 5.75 Å². The van der Waals surface area contributed by atoms with Gasteiger partial charge in [0.2, 0.25) is 5.91 Å². The van der Waals surface area contributed by atoms with Crippen LogP contribution in [-0.2, 0) is 4.79 Å². The highest BCUT2D eigenvalue weighted by Crippen LogP contribution is 2.27. The lowest BCUT2D eigenvalue weighted by molar-refractivity contribution is -0.117. The fourth-order valence-electron chi connectivity index (χ4n) is 1.53. The minimum absolute atomic E-state index is 0.152. The van der Waals surface area contributed by atoms with Crippen molar-refractivity contribution in [1.82, 2.24) is 0 Å². The molecule has 1 rings (SSSR count). The maximum atomic E-state index is 11.8. The van der Waals surface area contributed by atoms with E-state index in [9.17, 15) is 4.79 Å². The molecule has 0 aliphatic heterocycles. The average molecular weight is 315 g/mol. The number of carbonyl (C=O) groups excluding carboxylic acids is 1. The predicted octanol–water partition coefficient (Wildman–Crippen LogP) is 2.91. The van der Waals surface area contributed by atoms with Gasteiger partial charge in [0.15, 0.2) is 0 Å². The Morgan fingerprint density at radius 3 is 2.83 bits per heavy atom. The molecular weight excluding hydrogens is 296 g/mol. The number of unbranched alkanes of at least 4 members (excludes halogenated alkanes) is 1. The molecule has 0 saturated heterocycles. The number of methoxy groups -OCH3 is 1. The number of benzene rings is 1. The molecule has 100 valence electrons. The Morgan fingerprint density at radius 1 is 1.56 bits per heavy atom. The third kappa shape index (κ3) is 4.31. The Morgan fingerprint density at radius 2 is 2.28 bits per heavy atom. The van der Waals surface area contributed by atoms with Crippen molar-refractivity contribution in [2.24, 2.45) is 5.73 Å². The lowest BCUT2D eigenvalue weighted by Crippen LogP contribution is -2.35. The maximum absolute atomic E-state index is 11.8. The van der Waals surface area contributed by atoms with Crippen LogP contribution in [0, 0.1) is 0 Å². The van der Waals surface area contributed by atoms with Gasteiger partial charge in [0.05, 0.1) is 17.6 Å². The SMILES string of the molecule is CCCCC(N)C(=O)Nc1ccc(OC)c(Br)c1. The second kappa shape index (κ2) is 7.38. The van der Waals surface area contributed by atoms with Crippen molar-refractivity contribution in [2.75, 3.05) is 12.4 Å². The average Bonchev–Trinajstić information content (AvgIpc) is 2.36. The number of amides is 1. The summed E-state index contributed by atoms with van der Waals surface area (Å²) in [5.41, 5.74) is 6.50. The maximum Gasteiger partial charge on any atom is 0.241 e. The van der Waals surface area contributed by atoms with Crippen LogP contribution in [0.1, 0.15) is 26.2 Å². The summed E-state index contributed by atoms with van der Waals surface area (Å²) in [6, 6.07) is 4.92. The van der Waals surface area contributed by atoms with Crippen molar-refractivity contribution in [1.29, 1.82) is 0 Å². The van der Waals surface area contributed by atoms with Crippen molar-refractivity contribution in [3.05, 3.63) is 22.7 Å². The summed E-state index contributed by atoms with van der Waals surface area (Å²) in [7, 11) is 1.60. The molecule has 0 heterocycles. The van der Waals surface area contributed by atoms with Gasteiger partial charge in [-0.05, 0) is 40.5 Å². The summed E-state index contributed by atoms with van der Waals surface area (Å²) < 4.78 is 5.92. The van der Waals surface area contributed by atoms with Crippen molar-refractivity contribution in [2.45, 2.75) is 32.2 Å². The molecule has 1 unspecified atom stereocenters. The number of ether oxygens (including phenoxy) is 1. The second-order valence-corrected chi connectivity index (χ2v) is 4.94. The van der Waals surface area contributed by atoms with Gasteiger partial charge < -0.3 is 15.8 Å². The Balaban J connectivity index is 2.61. The molecule has 18 heavy (non-hydrogen) atoms. The van der Waals surface area contributed by atoms with Gasteiger partial charge in [-0.1, -0.05) is 19.8 Å². The molecule has 0 spiro atoms. The fraction of sp³-hybridized carbons (Fsp3) is 0.462. The summed E-state index contributed by atoms with van der Waals surface area (Å²) in [6.45, 7) is 2.07. The molecule has 5 heteroatoms. The zero-order valence-electron chi connectivity index (χ0n) is 10.7. The van der Waals surface area contributed by atoms with E-state index in [0.717, 1.165) is 23.1 Å². The van der Waals surface area contributed by atoms with E-state index >= 15 is 0 Å². The number of nitrogens with one attached hydrogen (secondary N) is 1. The van der Waals surface area contributed by atoms with Crippen LogP contribution in [0.4, 0.5) is 5.69 Å². The number of halogens is 1. The number of carbonyl (C=O) groups is 1. The summed E-state index contributed by atoms with van der Waals surface area (Å²) in [5.74, 6) is 0.573. The standard InChI is InChI=1S/C13H19BrN2O2/c1-3-4-5-11(15)13(17)16-9-6-7-12(18-2)10(14)8-9/h6-8,11H,3-5,15H2,1-2H3,(H,16,17). The van der Waals surface area contributed by atoms with Crippen LogP contribution in [0.5, 0.6) is 5.75 Å². The topological polar surface area (TPSA) is 64.4 Å². The van der Waals surface area contributed by atoms with Gasteiger partial charge in [-0.25, -0.2) is 0 Å². The predicted molar refractivity (Wildman–Crippen MR) is 76.8 cm³/mol. The van der Waals surface area contributed by atoms with Crippen LogP contribution in [0.3, 0.4) is 0 Å². The number of rotatable bonds is 6. The summed E-state index contributed by atoms with van der Waals surface area (Å²) in [6.07, 6.45) is 2.70. The van der Waals surface area contributed by atoms with E-state index in [2.05, 4.69) is 28.2 Å². The molecule has 0 fully saturated rings. The van der Waals surface area contributed by atoms with Crippen LogP contribution in [0.2, 0.25) is 0 Å². The van der Waals surface area contributed by atoms with Gasteiger partial charge in [0.1, 0.15) is 5.75 Å². The minimum atomic E-state index is -0.453. The van der Waals surface area contributed by atoms with Crippen LogP contribution >= 0.6 is 15.9 Å². The first-order valence-corrected chi connectivity index (χ1v) is 6.77. The molecule has 0 saturated carbocycles. The van der Waals surface area contributed by atoms with E-state index in [-0.39, 0.29) is 5.91 Å². The van der Waals surface area contributed by atoms with E-state index in [4.69, 9.17) is 10.5 Å². The second-order valence-electron chi connectivity index (χ2n) is 4.09. The number of nitrogens with two attached hydrogens (primary N) is 1. The van der Waals surface area contributed by atoms with Gasteiger partial charge in [-0.3, -0.25) is 4.79 Å². The van der Waals surface area contributed by atoms with Crippen LogP contribution in [-0.4, -0.2) is 19.1 Å². The normalized spacial score (nSPS) is 12.0. The van der Waals surface area contributed by atoms with Crippen LogP contribution in [0.15, 0.2) is 22.7 Å². The highest BCUT2D eigenvalue weighted by molar-refractivity contribution is 9.10. The molecule has 1 atom stereocenters. The van der Waals surface area contributed by atoms with Gasteiger partial charge in [0, 0.05) is 5.69 Å². The summed E-state index contributed by atoms with van der Waals surface area (Å²) in [5, 5.41) is 2.79. The minimum Gasteiger partial charge on any atom is -0.496 e. The number of anilines is 1. The first-order valence-electron chi connectivity index (χ1n) is 5.98. The smallest absolute Gasteiger partial charge is 0.241 e. The molecule has 1 amide bonds. The van der Waals surface area contributed by atoms with Gasteiger partial charge >= 0.3 is 0 Å². The third-order valence-electron chi connectivity index (χ3n) is 2.62. The largest absolute Gasteiger partial charge is 0.496 e. The Bertz CT molecular complexity index is 410.